The van der Waals surface area contributed by atoms with Crippen molar-refractivity contribution in [3.05, 3.63) is 52.2 Å². The van der Waals surface area contributed by atoms with Gasteiger partial charge in [-0.25, -0.2) is 28.1 Å². The number of alkyl halides is 2. The fourth-order valence-electron chi connectivity index (χ4n) is 4.56. The SMILES string of the molecule is Cc1nc(CC(=O)NN(C)C2CCOCC2)c(C2OCCO2)c(NC(C)c2cccc(C(F)F)c2F)n1. The number of aromatic nitrogens is 2. The maximum Gasteiger partial charge on any atom is 0.266 e. The predicted octanol–water partition coefficient (Wildman–Crippen LogP) is 3.76. The fraction of sp³-hybridized carbons (Fsp3) is 0.560. The van der Waals surface area contributed by atoms with Crippen LogP contribution in [-0.2, 0) is 25.4 Å². The summed E-state index contributed by atoms with van der Waals surface area (Å²) >= 11 is 0. The van der Waals surface area contributed by atoms with E-state index in [4.69, 9.17) is 14.2 Å². The summed E-state index contributed by atoms with van der Waals surface area (Å²) in [7, 11) is 1.82. The molecule has 1 aromatic carbocycles. The van der Waals surface area contributed by atoms with Gasteiger partial charge in [-0.15, -0.1) is 0 Å². The number of hydrazine groups is 1. The van der Waals surface area contributed by atoms with E-state index in [9.17, 15) is 18.0 Å². The largest absolute Gasteiger partial charge is 0.381 e. The number of ether oxygens (including phenoxy) is 3. The molecule has 1 amide bonds. The molecule has 37 heavy (non-hydrogen) atoms. The van der Waals surface area contributed by atoms with Crippen molar-refractivity contribution in [2.24, 2.45) is 0 Å². The van der Waals surface area contributed by atoms with E-state index >= 15 is 0 Å². The van der Waals surface area contributed by atoms with Gasteiger partial charge >= 0.3 is 0 Å². The Hall–Kier alpha value is -2.80. The molecule has 0 saturated carbocycles. The van der Waals surface area contributed by atoms with E-state index in [0.29, 0.717) is 43.5 Å². The molecule has 1 unspecified atom stereocenters. The van der Waals surface area contributed by atoms with Gasteiger partial charge < -0.3 is 19.5 Å². The van der Waals surface area contributed by atoms with Crippen LogP contribution in [0.1, 0.15) is 66.7 Å². The molecule has 2 N–H and O–H groups in total. The minimum atomic E-state index is -2.94. The van der Waals surface area contributed by atoms with Crippen LogP contribution in [-0.4, -0.2) is 60.4 Å². The summed E-state index contributed by atoms with van der Waals surface area (Å²) in [5.74, 6) is -0.594. The number of carbonyl (C=O) groups is 1. The van der Waals surface area contributed by atoms with Crippen LogP contribution in [0.4, 0.5) is 19.0 Å². The van der Waals surface area contributed by atoms with Crippen LogP contribution >= 0.6 is 0 Å². The Kier molecular flexibility index (Phi) is 8.95. The fourth-order valence-corrected chi connectivity index (χ4v) is 4.56. The number of carbonyl (C=O) groups excluding carboxylic acids is 1. The lowest BCUT2D eigenvalue weighted by Crippen LogP contribution is -2.48. The Labute approximate surface area is 213 Å². The molecule has 9 nitrogen and oxygen atoms in total. The first kappa shape index (κ1) is 27.2. The van der Waals surface area contributed by atoms with Crippen molar-refractivity contribution in [1.82, 2.24) is 20.4 Å². The van der Waals surface area contributed by atoms with E-state index < -0.39 is 30.1 Å². The van der Waals surface area contributed by atoms with Gasteiger partial charge in [-0.05, 0) is 26.7 Å². The number of amides is 1. The van der Waals surface area contributed by atoms with E-state index in [1.54, 1.807) is 18.9 Å². The highest BCUT2D eigenvalue weighted by Crippen LogP contribution is 2.34. The molecular formula is C25H32F3N5O4. The van der Waals surface area contributed by atoms with Gasteiger partial charge in [-0.1, -0.05) is 18.2 Å². The summed E-state index contributed by atoms with van der Waals surface area (Å²) in [5.41, 5.74) is 3.11. The van der Waals surface area contributed by atoms with E-state index in [1.807, 2.05) is 7.05 Å². The Morgan fingerprint density at radius 3 is 2.49 bits per heavy atom. The molecule has 0 aliphatic carbocycles. The molecule has 1 aromatic heterocycles. The molecule has 1 atom stereocenters. The van der Waals surface area contributed by atoms with Crippen molar-refractivity contribution in [2.45, 2.75) is 57.9 Å². The molecule has 3 heterocycles. The van der Waals surface area contributed by atoms with E-state index in [0.717, 1.165) is 18.9 Å². The topological polar surface area (TPSA) is 97.8 Å². The van der Waals surface area contributed by atoms with Gasteiger partial charge in [0.1, 0.15) is 17.5 Å². The quantitative estimate of drug-likeness (QED) is 0.480. The number of aryl methyl sites for hydroxylation is 1. The van der Waals surface area contributed by atoms with Crippen molar-refractivity contribution >= 4 is 11.7 Å². The van der Waals surface area contributed by atoms with Crippen LogP contribution in [0.15, 0.2) is 18.2 Å². The second kappa shape index (κ2) is 12.2. The first-order chi connectivity index (χ1) is 17.7. The molecule has 0 radical (unpaired) electrons. The zero-order valence-electron chi connectivity index (χ0n) is 21.1. The maximum absolute atomic E-state index is 14.8. The summed E-state index contributed by atoms with van der Waals surface area (Å²) in [6.45, 7) is 5.28. The lowest BCUT2D eigenvalue weighted by molar-refractivity contribution is -0.126. The third kappa shape index (κ3) is 6.56. The molecule has 2 aliphatic heterocycles. The van der Waals surface area contributed by atoms with Gasteiger partial charge in [0.25, 0.3) is 6.43 Å². The second-order valence-corrected chi connectivity index (χ2v) is 9.14. The van der Waals surface area contributed by atoms with Gasteiger partial charge in [0.2, 0.25) is 5.91 Å². The number of rotatable bonds is 9. The summed E-state index contributed by atoms with van der Waals surface area (Å²) in [4.78, 5) is 21.9. The van der Waals surface area contributed by atoms with Gasteiger partial charge in [0.05, 0.1) is 42.5 Å². The molecule has 2 saturated heterocycles. The average molecular weight is 524 g/mol. The molecular weight excluding hydrogens is 491 g/mol. The number of nitrogens with one attached hydrogen (secondary N) is 2. The number of halogens is 3. The highest BCUT2D eigenvalue weighted by atomic mass is 19.3. The Balaban J connectivity index is 1.59. The Bertz CT molecular complexity index is 1090. The lowest BCUT2D eigenvalue weighted by Gasteiger charge is -2.31. The number of anilines is 1. The summed E-state index contributed by atoms with van der Waals surface area (Å²) in [5, 5.41) is 4.90. The summed E-state index contributed by atoms with van der Waals surface area (Å²) in [6.07, 6.45) is -2.22. The Morgan fingerprint density at radius 1 is 1.14 bits per heavy atom. The molecule has 202 valence electrons. The molecule has 2 fully saturated rings. The number of benzene rings is 1. The van der Waals surface area contributed by atoms with Crippen molar-refractivity contribution in [2.75, 3.05) is 38.8 Å². The van der Waals surface area contributed by atoms with Crippen molar-refractivity contribution in [3.8, 4) is 0 Å². The first-order valence-electron chi connectivity index (χ1n) is 12.3. The highest BCUT2D eigenvalue weighted by molar-refractivity contribution is 5.78. The Morgan fingerprint density at radius 2 is 1.81 bits per heavy atom. The van der Waals surface area contributed by atoms with Gasteiger partial charge in [0.15, 0.2) is 6.29 Å². The van der Waals surface area contributed by atoms with E-state index in [2.05, 4.69) is 20.7 Å². The number of nitrogens with zero attached hydrogens (tertiary/aromatic N) is 3. The van der Waals surface area contributed by atoms with Crippen molar-refractivity contribution in [3.63, 3.8) is 0 Å². The molecule has 12 heteroatoms. The van der Waals surface area contributed by atoms with Crippen LogP contribution in [0.3, 0.4) is 0 Å². The zero-order chi connectivity index (χ0) is 26.5. The van der Waals surface area contributed by atoms with E-state index in [1.165, 1.54) is 12.1 Å². The smallest absolute Gasteiger partial charge is 0.266 e. The lowest BCUT2D eigenvalue weighted by atomic mass is 10.0. The minimum Gasteiger partial charge on any atom is -0.381 e. The van der Waals surface area contributed by atoms with E-state index in [-0.39, 0.29) is 29.8 Å². The zero-order valence-corrected chi connectivity index (χ0v) is 21.1. The van der Waals surface area contributed by atoms with Crippen LogP contribution in [0.2, 0.25) is 0 Å². The average Bonchev–Trinajstić information content (AvgIpc) is 3.38. The van der Waals surface area contributed by atoms with Gasteiger partial charge in [-0.2, -0.15) is 0 Å². The highest BCUT2D eigenvalue weighted by Gasteiger charge is 2.30. The van der Waals surface area contributed by atoms with Gasteiger partial charge in [-0.3, -0.25) is 10.2 Å². The number of hydrogen-bond acceptors (Lipinski definition) is 8. The first-order valence-corrected chi connectivity index (χ1v) is 12.3. The second-order valence-electron chi connectivity index (χ2n) is 9.14. The molecule has 2 aliphatic rings. The van der Waals surface area contributed by atoms with Crippen molar-refractivity contribution < 1.29 is 32.2 Å². The molecule has 0 spiro atoms. The molecule has 2 aromatic rings. The summed E-state index contributed by atoms with van der Waals surface area (Å²) in [6, 6.07) is 3.33. The third-order valence-electron chi connectivity index (χ3n) is 6.47. The van der Waals surface area contributed by atoms with Crippen LogP contribution in [0.5, 0.6) is 0 Å². The van der Waals surface area contributed by atoms with Crippen LogP contribution < -0.4 is 10.7 Å². The predicted molar refractivity (Wildman–Crippen MR) is 128 cm³/mol. The number of hydrogen-bond donors (Lipinski definition) is 2. The molecule has 4 rings (SSSR count). The van der Waals surface area contributed by atoms with Crippen LogP contribution in [0, 0.1) is 12.7 Å². The maximum atomic E-state index is 14.8. The third-order valence-corrected chi connectivity index (χ3v) is 6.47. The standard InChI is InChI=1S/C25H32F3N5O4/c1-14(17-5-4-6-18(22(17)26)23(27)28)29-24-21(25-36-11-12-37-25)19(30-15(2)31-24)13-20(34)32-33(3)16-7-9-35-10-8-16/h4-6,14,16,23,25H,7-13H2,1-3H3,(H,32,34)(H,29,30,31). The molecule has 0 bridgehead atoms. The summed E-state index contributed by atoms with van der Waals surface area (Å²) < 4.78 is 58.1. The monoisotopic (exact) mass is 523 g/mol. The normalized spacial score (nSPS) is 17.9. The van der Waals surface area contributed by atoms with Crippen molar-refractivity contribution in [1.29, 1.82) is 0 Å². The van der Waals surface area contributed by atoms with Gasteiger partial charge in [0, 0.05) is 31.9 Å². The van der Waals surface area contributed by atoms with Crippen LogP contribution in [0.25, 0.3) is 0 Å². The minimum absolute atomic E-state index is 0.0608.